The number of hydrogen-bond donors (Lipinski definition) is 2. The van der Waals surface area contributed by atoms with Gasteiger partial charge in [0.1, 0.15) is 0 Å². The Morgan fingerprint density at radius 1 is 0.811 bits per heavy atom. The number of hydrogen-bond acceptors (Lipinski definition) is 8. The minimum Gasteiger partial charge on any atom is -0.468 e. The first-order chi connectivity index (χ1) is 17.6. The van der Waals surface area contributed by atoms with Gasteiger partial charge < -0.3 is 25.0 Å². The number of benzene rings is 2. The fourth-order valence-electron chi connectivity index (χ4n) is 5.11. The number of ether oxygens (including phenoxy) is 2. The lowest BCUT2D eigenvalue weighted by Gasteiger charge is -2.45. The topological polar surface area (TPSA) is 127 Å². The van der Waals surface area contributed by atoms with E-state index >= 15 is 0 Å². The van der Waals surface area contributed by atoms with Crippen LogP contribution in [0.25, 0.3) is 0 Å². The zero-order valence-corrected chi connectivity index (χ0v) is 22.1. The number of nitrogens with two attached hydrogens (primary N) is 1. The SMILES string of the molecule is COC(=O)C1(C(=O)OC)C(c2ccc(N(C)C)cc2)CC(=NNC(N)=O)CC1c1ccc(N(C)C)cc1. The Kier molecular flexibility index (Phi) is 8.42. The molecular formula is C27H35N5O5. The van der Waals surface area contributed by atoms with Gasteiger partial charge in [0.05, 0.1) is 14.2 Å². The fourth-order valence-corrected chi connectivity index (χ4v) is 5.11. The second-order valence-corrected chi connectivity index (χ2v) is 9.49. The Hall–Kier alpha value is -4.08. The quantitative estimate of drug-likeness (QED) is 0.334. The predicted octanol–water partition coefficient (Wildman–Crippen LogP) is 2.84. The average Bonchev–Trinajstić information content (AvgIpc) is 2.90. The van der Waals surface area contributed by atoms with E-state index in [0.29, 0.717) is 5.71 Å². The van der Waals surface area contributed by atoms with Crippen LogP contribution >= 0.6 is 0 Å². The number of nitrogens with one attached hydrogen (secondary N) is 1. The van der Waals surface area contributed by atoms with Crippen LogP contribution in [0, 0.1) is 5.41 Å². The van der Waals surface area contributed by atoms with Crippen LogP contribution in [0.2, 0.25) is 0 Å². The van der Waals surface area contributed by atoms with Crippen molar-refractivity contribution >= 4 is 35.1 Å². The lowest BCUT2D eigenvalue weighted by atomic mass is 9.55. The number of methoxy groups -OCH3 is 2. The summed E-state index contributed by atoms with van der Waals surface area (Å²) in [5, 5.41) is 4.23. The standard InChI is InChI=1S/C27H35N5O5/c1-31(2)20-11-7-17(8-12-20)22-15-19(29-30-26(28)35)16-23(18-9-13-21(14-10-18)32(3)4)27(22,24(33)36-5)25(34)37-6/h7-14,22-23H,15-16H2,1-6H3,(H3,28,30,35). The lowest BCUT2D eigenvalue weighted by Crippen LogP contribution is -2.54. The molecule has 0 spiro atoms. The van der Waals surface area contributed by atoms with Gasteiger partial charge in [-0.25, -0.2) is 10.2 Å². The molecule has 2 unspecified atom stereocenters. The summed E-state index contributed by atoms with van der Waals surface area (Å²) in [6.45, 7) is 0. The van der Waals surface area contributed by atoms with Crippen molar-refractivity contribution in [3.63, 3.8) is 0 Å². The van der Waals surface area contributed by atoms with E-state index in [2.05, 4.69) is 10.5 Å². The maximum absolute atomic E-state index is 13.7. The highest BCUT2D eigenvalue weighted by Gasteiger charge is 2.63. The van der Waals surface area contributed by atoms with Crippen LogP contribution in [0.4, 0.5) is 16.2 Å². The number of nitrogens with zero attached hydrogens (tertiary/aromatic N) is 3. The Morgan fingerprint density at radius 3 is 1.49 bits per heavy atom. The second-order valence-electron chi connectivity index (χ2n) is 9.49. The molecule has 10 heteroatoms. The molecule has 10 nitrogen and oxygen atoms in total. The van der Waals surface area contributed by atoms with Crippen LogP contribution in [0.5, 0.6) is 0 Å². The normalized spacial score (nSPS) is 18.4. The van der Waals surface area contributed by atoms with E-state index in [1.165, 1.54) is 14.2 Å². The summed E-state index contributed by atoms with van der Waals surface area (Å²) in [5.41, 5.74) is 9.86. The molecule has 0 saturated heterocycles. The summed E-state index contributed by atoms with van der Waals surface area (Å²) >= 11 is 0. The summed E-state index contributed by atoms with van der Waals surface area (Å²) in [5.74, 6) is -2.76. The Bertz CT molecular complexity index is 1080. The van der Waals surface area contributed by atoms with E-state index in [9.17, 15) is 14.4 Å². The summed E-state index contributed by atoms with van der Waals surface area (Å²) in [6.07, 6.45) is 0.413. The number of carbonyl (C=O) groups is 3. The minimum atomic E-state index is -1.70. The van der Waals surface area contributed by atoms with Crippen LogP contribution in [0.15, 0.2) is 53.6 Å². The third kappa shape index (κ3) is 5.37. The zero-order chi connectivity index (χ0) is 27.3. The predicted molar refractivity (Wildman–Crippen MR) is 143 cm³/mol. The van der Waals surface area contributed by atoms with Crippen LogP contribution in [-0.4, -0.2) is 66.1 Å². The number of carbonyl (C=O) groups excluding carboxylic acids is 3. The van der Waals surface area contributed by atoms with Crippen molar-refractivity contribution in [2.75, 3.05) is 52.2 Å². The maximum Gasteiger partial charge on any atom is 0.332 e. The molecule has 198 valence electrons. The highest BCUT2D eigenvalue weighted by molar-refractivity contribution is 6.06. The van der Waals surface area contributed by atoms with Gasteiger partial charge in [-0.05, 0) is 48.2 Å². The number of esters is 2. The van der Waals surface area contributed by atoms with Gasteiger partial charge in [0.25, 0.3) is 0 Å². The number of amides is 2. The molecule has 3 rings (SSSR count). The summed E-state index contributed by atoms with van der Waals surface area (Å²) in [6, 6.07) is 14.4. The molecule has 37 heavy (non-hydrogen) atoms. The van der Waals surface area contributed by atoms with Gasteiger partial charge in [0.2, 0.25) is 0 Å². The minimum absolute atomic E-state index is 0.206. The van der Waals surface area contributed by atoms with Crippen LogP contribution in [0.3, 0.4) is 0 Å². The van der Waals surface area contributed by atoms with Gasteiger partial charge in [-0.2, -0.15) is 5.10 Å². The number of rotatable bonds is 7. The monoisotopic (exact) mass is 509 g/mol. The number of anilines is 2. The van der Waals surface area contributed by atoms with Crippen molar-refractivity contribution in [3.05, 3.63) is 59.7 Å². The molecule has 2 aromatic carbocycles. The smallest absolute Gasteiger partial charge is 0.332 e. The van der Waals surface area contributed by atoms with Crippen molar-refractivity contribution < 1.29 is 23.9 Å². The molecule has 2 aromatic rings. The van der Waals surface area contributed by atoms with Crippen LogP contribution in [0.1, 0.15) is 35.8 Å². The molecule has 3 N–H and O–H groups in total. The molecule has 1 aliphatic rings. The van der Waals surface area contributed by atoms with Gasteiger partial charge in [-0.15, -0.1) is 0 Å². The van der Waals surface area contributed by atoms with E-state index in [1.807, 2.05) is 86.5 Å². The highest BCUT2D eigenvalue weighted by atomic mass is 16.5. The molecule has 2 atom stereocenters. The van der Waals surface area contributed by atoms with Crippen LogP contribution < -0.4 is 21.0 Å². The largest absolute Gasteiger partial charge is 0.468 e. The molecule has 1 aliphatic carbocycles. The molecule has 0 radical (unpaired) electrons. The lowest BCUT2D eigenvalue weighted by molar-refractivity contribution is -0.174. The van der Waals surface area contributed by atoms with Crippen molar-refractivity contribution in [2.45, 2.75) is 24.7 Å². The molecule has 0 aliphatic heterocycles. The maximum atomic E-state index is 13.7. The van der Waals surface area contributed by atoms with E-state index in [1.54, 1.807) is 0 Å². The molecule has 1 fully saturated rings. The third-order valence-electron chi connectivity index (χ3n) is 6.97. The first-order valence-corrected chi connectivity index (χ1v) is 11.9. The van der Waals surface area contributed by atoms with Crippen molar-refractivity contribution in [2.24, 2.45) is 16.3 Å². The second kappa shape index (κ2) is 11.3. The first-order valence-electron chi connectivity index (χ1n) is 11.9. The molecule has 0 bridgehead atoms. The average molecular weight is 510 g/mol. The van der Waals surface area contributed by atoms with Gasteiger partial charge in [-0.3, -0.25) is 9.59 Å². The summed E-state index contributed by atoms with van der Waals surface area (Å²) < 4.78 is 10.6. The molecule has 1 saturated carbocycles. The zero-order valence-electron chi connectivity index (χ0n) is 22.1. The number of primary amides is 1. The van der Waals surface area contributed by atoms with Gasteiger partial charge >= 0.3 is 18.0 Å². The van der Waals surface area contributed by atoms with Gasteiger partial charge in [-0.1, -0.05) is 24.3 Å². The molecular weight excluding hydrogens is 474 g/mol. The Balaban J connectivity index is 2.29. The fraction of sp³-hybridized carbons (Fsp3) is 0.407. The molecule has 0 aromatic heterocycles. The van der Waals surface area contributed by atoms with E-state index in [4.69, 9.17) is 15.2 Å². The summed E-state index contributed by atoms with van der Waals surface area (Å²) in [7, 11) is 10.2. The summed E-state index contributed by atoms with van der Waals surface area (Å²) in [4.78, 5) is 42.8. The van der Waals surface area contributed by atoms with Gasteiger partial charge in [0.15, 0.2) is 5.41 Å². The molecule has 2 amide bonds. The van der Waals surface area contributed by atoms with E-state index < -0.39 is 35.2 Å². The van der Waals surface area contributed by atoms with Crippen molar-refractivity contribution in [3.8, 4) is 0 Å². The molecule has 0 heterocycles. The van der Waals surface area contributed by atoms with E-state index in [0.717, 1.165) is 22.5 Å². The van der Waals surface area contributed by atoms with E-state index in [-0.39, 0.29) is 12.8 Å². The van der Waals surface area contributed by atoms with Crippen molar-refractivity contribution in [1.82, 2.24) is 5.43 Å². The first kappa shape index (κ1) is 27.5. The third-order valence-corrected chi connectivity index (χ3v) is 6.97. The highest BCUT2D eigenvalue weighted by Crippen LogP contribution is 2.56. The Labute approximate surface area is 217 Å². The van der Waals surface area contributed by atoms with Crippen LogP contribution in [-0.2, 0) is 19.1 Å². The number of urea groups is 1. The van der Waals surface area contributed by atoms with Gasteiger partial charge in [0, 0.05) is 57.1 Å². The number of hydrazone groups is 1. The van der Waals surface area contributed by atoms with Crippen molar-refractivity contribution in [1.29, 1.82) is 0 Å². The Morgan fingerprint density at radius 2 is 1.19 bits per heavy atom.